The lowest BCUT2D eigenvalue weighted by molar-refractivity contribution is 0.0992. The Hall–Kier alpha value is -2.36. The van der Waals surface area contributed by atoms with E-state index in [1.54, 1.807) is 30.3 Å². The first-order chi connectivity index (χ1) is 9.63. The quantitative estimate of drug-likeness (QED) is 0.785. The number of methoxy groups -OCH3 is 2. The Kier molecular flexibility index (Phi) is 4.35. The van der Waals surface area contributed by atoms with Crippen LogP contribution in [0.2, 0.25) is 0 Å². The van der Waals surface area contributed by atoms with Gasteiger partial charge in [-0.15, -0.1) is 0 Å². The largest absolute Gasteiger partial charge is 0.493 e. The van der Waals surface area contributed by atoms with Crippen molar-refractivity contribution in [1.29, 1.82) is 0 Å². The molecule has 3 nitrogen and oxygen atoms in total. The molecule has 0 spiro atoms. The number of carbonyl (C=O) groups is 1. The van der Waals surface area contributed by atoms with Gasteiger partial charge in [0.25, 0.3) is 0 Å². The van der Waals surface area contributed by atoms with Gasteiger partial charge in [-0.05, 0) is 35.9 Å². The SMILES string of the molecule is COc1ccc(C(=O)Cc2cccc(F)c2)cc1OC. The fraction of sp³-hybridized carbons (Fsp3) is 0.188. The van der Waals surface area contributed by atoms with Gasteiger partial charge in [0.15, 0.2) is 17.3 Å². The van der Waals surface area contributed by atoms with Crippen molar-refractivity contribution in [3.63, 3.8) is 0 Å². The topological polar surface area (TPSA) is 35.5 Å². The Morgan fingerprint density at radius 1 is 1.05 bits per heavy atom. The molecule has 4 heteroatoms. The second-order valence-corrected chi connectivity index (χ2v) is 4.30. The fourth-order valence-electron chi connectivity index (χ4n) is 1.94. The molecule has 2 aromatic rings. The van der Waals surface area contributed by atoms with Crippen molar-refractivity contribution in [2.75, 3.05) is 14.2 Å². The van der Waals surface area contributed by atoms with Crippen molar-refractivity contribution in [3.05, 3.63) is 59.4 Å². The maximum absolute atomic E-state index is 13.1. The highest BCUT2D eigenvalue weighted by Gasteiger charge is 2.11. The van der Waals surface area contributed by atoms with Crippen LogP contribution in [0.15, 0.2) is 42.5 Å². The molecule has 0 saturated heterocycles. The first-order valence-corrected chi connectivity index (χ1v) is 6.13. The molecule has 0 atom stereocenters. The summed E-state index contributed by atoms with van der Waals surface area (Å²) in [6.45, 7) is 0. The molecule has 0 heterocycles. The summed E-state index contributed by atoms with van der Waals surface area (Å²) in [6, 6.07) is 11.0. The molecule has 0 unspecified atom stereocenters. The summed E-state index contributed by atoms with van der Waals surface area (Å²) < 4.78 is 23.4. The first kappa shape index (κ1) is 14.1. The first-order valence-electron chi connectivity index (χ1n) is 6.13. The van der Waals surface area contributed by atoms with Crippen LogP contribution >= 0.6 is 0 Å². The molecule has 104 valence electrons. The van der Waals surface area contributed by atoms with Gasteiger partial charge in [-0.3, -0.25) is 4.79 Å². The molecule has 0 aliphatic heterocycles. The zero-order chi connectivity index (χ0) is 14.5. The average molecular weight is 274 g/mol. The molecule has 0 amide bonds. The van der Waals surface area contributed by atoms with E-state index in [0.29, 0.717) is 22.6 Å². The van der Waals surface area contributed by atoms with Gasteiger partial charge in [0.1, 0.15) is 5.82 Å². The van der Waals surface area contributed by atoms with Gasteiger partial charge >= 0.3 is 0 Å². The third-order valence-electron chi connectivity index (χ3n) is 2.96. The highest BCUT2D eigenvalue weighted by atomic mass is 19.1. The Bertz CT molecular complexity index is 623. The zero-order valence-corrected chi connectivity index (χ0v) is 11.4. The van der Waals surface area contributed by atoms with Crippen LogP contribution in [-0.4, -0.2) is 20.0 Å². The third-order valence-corrected chi connectivity index (χ3v) is 2.96. The number of hydrogen-bond acceptors (Lipinski definition) is 3. The summed E-state index contributed by atoms with van der Waals surface area (Å²) in [5.74, 6) is 0.617. The lowest BCUT2D eigenvalue weighted by Crippen LogP contribution is -2.04. The van der Waals surface area contributed by atoms with Crippen LogP contribution in [0.3, 0.4) is 0 Å². The Morgan fingerprint density at radius 2 is 1.80 bits per heavy atom. The molecule has 0 aliphatic rings. The van der Waals surface area contributed by atoms with Crippen LogP contribution in [0.5, 0.6) is 11.5 Å². The van der Waals surface area contributed by atoms with Gasteiger partial charge < -0.3 is 9.47 Å². The lowest BCUT2D eigenvalue weighted by Gasteiger charge is -2.09. The summed E-state index contributed by atoms with van der Waals surface area (Å²) in [5, 5.41) is 0. The third kappa shape index (κ3) is 3.15. The molecule has 20 heavy (non-hydrogen) atoms. The van der Waals surface area contributed by atoms with Crippen molar-refractivity contribution < 1.29 is 18.7 Å². The molecule has 2 aromatic carbocycles. The van der Waals surface area contributed by atoms with Crippen LogP contribution in [0.1, 0.15) is 15.9 Å². The van der Waals surface area contributed by atoms with Gasteiger partial charge in [-0.2, -0.15) is 0 Å². The molecule has 0 bridgehead atoms. The van der Waals surface area contributed by atoms with E-state index >= 15 is 0 Å². The van der Waals surface area contributed by atoms with Gasteiger partial charge in [0.05, 0.1) is 14.2 Å². The normalized spacial score (nSPS) is 10.2. The fourth-order valence-corrected chi connectivity index (χ4v) is 1.94. The molecule has 0 saturated carbocycles. The monoisotopic (exact) mass is 274 g/mol. The van der Waals surface area contributed by atoms with E-state index in [-0.39, 0.29) is 18.0 Å². The minimum Gasteiger partial charge on any atom is -0.493 e. The molecule has 0 aromatic heterocycles. The zero-order valence-electron chi connectivity index (χ0n) is 11.4. The molecule has 2 rings (SSSR count). The Balaban J connectivity index is 2.21. The van der Waals surface area contributed by atoms with Crippen molar-refractivity contribution in [1.82, 2.24) is 0 Å². The molecular weight excluding hydrogens is 259 g/mol. The molecule has 0 N–H and O–H groups in total. The number of halogens is 1. The number of hydrogen-bond donors (Lipinski definition) is 0. The number of Topliss-reactive ketones (excluding diaryl/α,β-unsaturated/α-hetero) is 1. The van der Waals surface area contributed by atoms with Gasteiger partial charge in [-0.25, -0.2) is 4.39 Å². The molecule has 0 radical (unpaired) electrons. The molecule has 0 fully saturated rings. The van der Waals surface area contributed by atoms with Gasteiger partial charge in [0.2, 0.25) is 0 Å². The van der Waals surface area contributed by atoms with Crippen molar-refractivity contribution >= 4 is 5.78 Å². The highest BCUT2D eigenvalue weighted by molar-refractivity contribution is 5.98. The van der Waals surface area contributed by atoms with E-state index in [0.717, 1.165) is 0 Å². The van der Waals surface area contributed by atoms with E-state index in [1.807, 2.05) is 0 Å². The number of ether oxygens (including phenoxy) is 2. The van der Waals surface area contributed by atoms with E-state index in [4.69, 9.17) is 9.47 Å². The van der Waals surface area contributed by atoms with Crippen molar-refractivity contribution in [3.8, 4) is 11.5 Å². The standard InChI is InChI=1S/C16H15FO3/c1-19-15-7-6-12(10-16(15)20-2)14(18)9-11-4-3-5-13(17)8-11/h3-8,10H,9H2,1-2H3. The molecule has 0 aliphatic carbocycles. The van der Waals surface area contributed by atoms with Gasteiger partial charge in [0, 0.05) is 12.0 Å². The predicted octanol–water partition coefficient (Wildman–Crippen LogP) is 3.27. The summed E-state index contributed by atoms with van der Waals surface area (Å²) in [4.78, 5) is 12.2. The number of benzene rings is 2. The second-order valence-electron chi connectivity index (χ2n) is 4.30. The summed E-state index contributed by atoms with van der Waals surface area (Å²) in [5.41, 5.74) is 1.15. The lowest BCUT2D eigenvalue weighted by atomic mass is 10.0. The Labute approximate surface area is 117 Å². The van der Waals surface area contributed by atoms with E-state index in [1.165, 1.54) is 26.4 Å². The average Bonchev–Trinajstić information content (AvgIpc) is 2.46. The maximum atomic E-state index is 13.1. The number of rotatable bonds is 5. The van der Waals surface area contributed by atoms with Crippen molar-refractivity contribution in [2.24, 2.45) is 0 Å². The van der Waals surface area contributed by atoms with Crippen LogP contribution < -0.4 is 9.47 Å². The summed E-state index contributed by atoms with van der Waals surface area (Å²) >= 11 is 0. The van der Waals surface area contributed by atoms with E-state index in [9.17, 15) is 9.18 Å². The van der Waals surface area contributed by atoms with Crippen LogP contribution in [0.25, 0.3) is 0 Å². The number of ketones is 1. The second kappa shape index (κ2) is 6.19. The maximum Gasteiger partial charge on any atom is 0.167 e. The predicted molar refractivity (Wildman–Crippen MR) is 74.0 cm³/mol. The molecular formula is C16H15FO3. The van der Waals surface area contributed by atoms with Crippen molar-refractivity contribution in [2.45, 2.75) is 6.42 Å². The highest BCUT2D eigenvalue weighted by Crippen LogP contribution is 2.28. The van der Waals surface area contributed by atoms with E-state index < -0.39 is 0 Å². The van der Waals surface area contributed by atoms with E-state index in [2.05, 4.69) is 0 Å². The van der Waals surface area contributed by atoms with Gasteiger partial charge in [-0.1, -0.05) is 12.1 Å². The Morgan fingerprint density at radius 3 is 2.45 bits per heavy atom. The van der Waals surface area contributed by atoms with Crippen LogP contribution in [0.4, 0.5) is 4.39 Å². The number of carbonyl (C=O) groups excluding carboxylic acids is 1. The summed E-state index contributed by atoms with van der Waals surface area (Å²) in [7, 11) is 3.05. The van der Waals surface area contributed by atoms with Crippen LogP contribution in [0, 0.1) is 5.82 Å². The summed E-state index contributed by atoms with van der Waals surface area (Å²) in [6.07, 6.45) is 0.146. The smallest absolute Gasteiger partial charge is 0.167 e. The van der Waals surface area contributed by atoms with Crippen LogP contribution in [-0.2, 0) is 6.42 Å². The minimum atomic E-state index is -0.345. The minimum absolute atomic E-state index is 0.100.